The van der Waals surface area contributed by atoms with Crippen molar-refractivity contribution in [2.75, 3.05) is 0 Å². The highest BCUT2D eigenvalue weighted by Gasteiger charge is 2.47. The molecule has 3 atom stereocenters. The molecule has 348 valence electrons. The van der Waals surface area contributed by atoms with Gasteiger partial charge in [0.15, 0.2) is 17.3 Å². The standard InChI is InChI=1S/C50H52O16/c1-6-11-39(54)60-29-19-16-27(17-20-29)49-47(48(59)45-31(51)23-30(24-37(45)66-49)61-40(55)12-7-2)46-38(64-43(58)15-10-5)26-33(53)44-32(52)25-35(65-50(44)46)28-18-21-34(62-41(56)13-8-3)36(22-28)63-42(57)14-9-4/h16-26,32,47,49,51-53H,6-15H2,1-5H3/t32?,47-,49+/m0/s1. The lowest BCUT2D eigenvalue weighted by molar-refractivity contribution is -0.137. The summed E-state index contributed by atoms with van der Waals surface area (Å²) in [6.45, 7) is 8.95. The second kappa shape index (κ2) is 21.7. The van der Waals surface area contributed by atoms with Crippen LogP contribution in [0.5, 0.6) is 51.7 Å². The van der Waals surface area contributed by atoms with E-state index in [1.807, 2.05) is 6.92 Å². The van der Waals surface area contributed by atoms with Crippen molar-refractivity contribution in [1.82, 2.24) is 0 Å². The fraction of sp³-hybridized carbons (Fsp3) is 0.360. The van der Waals surface area contributed by atoms with E-state index in [-0.39, 0.29) is 100 Å². The monoisotopic (exact) mass is 908 g/mol. The number of ether oxygens (including phenoxy) is 7. The highest BCUT2D eigenvalue weighted by Crippen LogP contribution is 2.56. The number of phenolic OH excluding ortho intramolecular Hbond substituents is 2. The van der Waals surface area contributed by atoms with Gasteiger partial charge in [-0.05, 0) is 74.1 Å². The van der Waals surface area contributed by atoms with Crippen molar-refractivity contribution in [2.45, 2.75) is 117 Å². The van der Waals surface area contributed by atoms with E-state index >= 15 is 4.79 Å². The Morgan fingerprint density at radius 1 is 0.576 bits per heavy atom. The first-order valence-electron chi connectivity index (χ1n) is 22.0. The number of carbonyl (C=O) groups is 6. The average molecular weight is 909 g/mol. The molecule has 4 aromatic carbocycles. The third-order valence-corrected chi connectivity index (χ3v) is 10.4. The Kier molecular flexibility index (Phi) is 15.8. The molecule has 16 nitrogen and oxygen atoms in total. The molecule has 16 heteroatoms. The number of Topliss-reactive ketones (excluding diaryl/α,β-unsaturated/α-hetero) is 1. The van der Waals surface area contributed by atoms with E-state index in [1.54, 1.807) is 39.8 Å². The lowest BCUT2D eigenvalue weighted by atomic mass is 9.78. The van der Waals surface area contributed by atoms with Crippen LogP contribution in [0.1, 0.15) is 150 Å². The fourth-order valence-corrected chi connectivity index (χ4v) is 7.43. The topological polar surface area (TPSA) is 228 Å². The van der Waals surface area contributed by atoms with Gasteiger partial charge < -0.3 is 48.5 Å². The van der Waals surface area contributed by atoms with Crippen molar-refractivity contribution < 1.29 is 77.2 Å². The van der Waals surface area contributed by atoms with Gasteiger partial charge in [0.05, 0.1) is 17.0 Å². The molecule has 0 radical (unpaired) electrons. The van der Waals surface area contributed by atoms with E-state index in [9.17, 15) is 39.3 Å². The van der Waals surface area contributed by atoms with Gasteiger partial charge in [-0.15, -0.1) is 0 Å². The van der Waals surface area contributed by atoms with Crippen LogP contribution >= 0.6 is 0 Å². The zero-order chi connectivity index (χ0) is 47.7. The van der Waals surface area contributed by atoms with Gasteiger partial charge in [-0.2, -0.15) is 0 Å². The van der Waals surface area contributed by atoms with Crippen molar-refractivity contribution >= 4 is 41.4 Å². The number of esters is 5. The van der Waals surface area contributed by atoms with Gasteiger partial charge in [0, 0.05) is 55.9 Å². The van der Waals surface area contributed by atoms with Crippen LogP contribution in [0.15, 0.2) is 66.7 Å². The Bertz CT molecular complexity index is 2540. The predicted octanol–water partition coefficient (Wildman–Crippen LogP) is 9.19. The van der Waals surface area contributed by atoms with E-state index in [0.29, 0.717) is 37.7 Å². The maximum Gasteiger partial charge on any atom is 0.311 e. The number of aromatic hydroxyl groups is 2. The molecular formula is C50H52O16. The van der Waals surface area contributed by atoms with Crippen molar-refractivity contribution in [3.8, 4) is 51.7 Å². The molecule has 0 fully saturated rings. The summed E-state index contributed by atoms with van der Waals surface area (Å²) in [5, 5.41) is 34.8. The van der Waals surface area contributed by atoms with Crippen molar-refractivity contribution in [3.05, 3.63) is 94.6 Å². The van der Waals surface area contributed by atoms with Crippen LogP contribution in [0.25, 0.3) is 5.76 Å². The average Bonchev–Trinajstić information content (AvgIpc) is 3.25. The first-order valence-corrected chi connectivity index (χ1v) is 22.0. The molecule has 0 saturated heterocycles. The van der Waals surface area contributed by atoms with Crippen LogP contribution in [-0.2, 0) is 24.0 Å². The number of hydrogen-bond acceptors (Lipinski definition) is 16. The SMILES string of the molecule is CCCC(=O)Oc1ccc([C@H]2Oc3cc(OC(=O)CCC)cc(O)c3C(=O)[C@@H]2c2c(OC(=O)CCC)cc(O)c3c2OC(c2ccc(OC(=O)CCC)c(OC(=O)CCC)c2)=CC3O)cc1. The second-order valence-electron chi connectivity index (χ2n) is 15.7. The molecule has 0 amide bonds. The molecule has 2 aliphatic rings. The van der Waals surface area contributed by atoms with Crippen molar-refractivity contribution in [1.29, 1.82) is 0 Å². The summed E-state index contributed by atoms with van der Waals surface area (Å²) in [7, 11) is 0. The lowest BCUT2D eigenvalue weighted by Crippen LogP contribution is -2.31. The Balaban J connectivity index is 1.55. The summed E-state index contributed by atoms with van der Waals surface area (Å²) in [6.07, 6.45) is 0.968. The number of rotatable bonds is 18. The summed E-state index contributed by atoms with van der Waals surface area (Å²) in [5.74, 6) is -7.49. The molecule has 1 unspecified atom stereocenters. The number of aliphatic hydroxyl groups is 1. The van der Waals surface area contributed by atoms with E-state index in [4.69, 9.17) is 33.2 Å². The fourth-order valence-electron chi connectivity index (χ4n) is 7.43. The number of phenols is 2. The molecular weight excluding hydrogens is 857 g/mol. The summed E-state index contributed by atoms with van der Waals surface area (Å²) in [4.78, 5) is 78.7. The number of aliphatic hydroxyl groups excluding tert-OH is 1. The number of benzene rings is 4. The molecule has 0 bridgehead atoms. The largest absolute Gasteiger partial charge is 0.507 e. The molecule has 6 rings (SSSR count). The van der Waals surface area contributed by atoms with Gasteiger partial charge in [-0.1, -0.05) is 46.8 Å². The maximum atomic E-state index is 15.2. The summed E-state index contributed by atoms with van der Waals surface area (Å²) in [6, 6.07) is 13.8. The maximum absolute atomic E-state index is 15.2. The molecule has 0 saturated carbocycles. The van der Waals surface area contributed by atoms with Crippen LogP contribution < -0.4 is 33.2 Å². The van der Waals surface area contributed by atoms with Crippen LogP contribution in [0.3, 0.4) is 0 Å². The molecule has 4 aromatic rings. The zero-order valence-electron chi connectivity index (χ0n) is 37.3. The van der Waals surface area contributed by atoms with Gasteiger partial charge in [0.25, 0.3) is 0 Å². The van der Waals surface area contributed by atoms with E-state index < -0.39 is 65.3 Å². The number of fused-ring (bicyclic) bond motifs is 2. The normalized spacial score (nSPS) is 16.1. The molecule has 0 spiro atoms. The first-order chi connectivity index (χ1) is 31.7. The highest BCUT2D eigenvalue weighted by atomic mass is 16.6. The Hall–Kier alpha value is -7.20. The van der Waals surface area contributed by atoms with Gasteiger partial charge in [-0.3, -0.25) is 28.8 Å². The molecule has 66 heavy (non-hydrogen) atoms. The van der Waals surface area contributed by atoms with Crippen LogP contribution in [0, 0.1) is 0 Å². The zero-order valence-corrected chi connectivity index (χ0v) is 37.3. The first kappa shape index (κ1) is 48.3. The van der Waals surface area contributed by atoms with Crippen LogP contribution in [0.2, 0.25) is 0 Å². The third-order valence-electron chi connectivity index (χ3n) is 10.4. The predicted molar refractivity (Wildman–Crippen MR) is 236 cm³/mol. The Morgan fingerprint density at radius 2 is 1.11 bits per heavy atom. The lowest BCUT2D eigenvalue weighted by Gasteiger charge is -2.36. The second-order valence-corrected chi connectivity index (χ2v) is 15.7. The van der Waals surface area contributed by atoms with Gasteiger partial charge in [0.2, 0.25) is 0 Å². The molecule has 3 N–H and O–H groups in total. The smallest absolute Gasteiger partial charge is 0.311 e. The highest BCUT2D eigenvalue weighted by molar-refractivity contribution is 6.08. The van der Waals surface area contributed by atoms with Crippen molar-refractivity contribution in [2.24, 2.45) is 0 Å². The van der Waals surface area contributed by atoms with Gasteiger partial charge in [0.1, 0.15) is 63.8 Å². The minimum atomic E-state index is -1.63. The third kappa shape index (κ3) is 11.0. The summed E-state index contributed by atoms with van der Waals surface area (Å²) >= 11 is 0. The number of ketones is 1. The Labute approximate surface area is 381 Å². The summed E-state index contributed by atoms with van der Waals surface area (Å²) < 4.78 is 41.1. The van der Waals surface area contributed by atoms with Gasteiger partial charge in [-0.25, -0.2) is 0 Å². The molecule has 0 aromatic heterocycles. The van der Waals surface area contributed by atoms with Crippen LogP contribution in [-0.4, -0.2) is 50.9 Å². The molecule has 0 aliphatic carbocycles. The molecule has 2 aliphatic heterocycles. The number of carbonyl (C=O) groups excluding carboxylic acids is 6. The minimum Gasteiger partial charge on any atom is -0.507 e. The van der Waals surface area contributed by atoms with E-state index in [2.05, 4.69) is 0 Å². The van der Waals surface area contributed by atoms with Crippen molar-refractivity contribution in [3.63, 3.8) is 0 Å². The van der Waals surface area contributed by atoms with E-state index in [0.717, 1.165) is 12.1 Å². The Morgan fingerprint density at radius 3 is 1.68 bits per heavy atom. The van der Waals surface area contributed by atoms with Crippen LogP contribution in [0.4, 0.5) is 0 Å². The number of hydrogen-bond donors (Lipinski definition) is 3. The quantitative estimate of drug-likeness (QED) is 0.0624. The minimum absolute atomic E-state index is 0.0510. The summed E-state index contributed by atoms with van der Waals surface area (Å²) in [5.41, 5.74) is -0.218. The van der Waals surface area contributed by atoms with Gasteiger partial charge >= 0.3 is 29.8 Å². The molecule has 2 heterocycles. The van der Waals surface area contributed by atoms with E-state index in [1.165, 1.54) is 42.5 Å².